The molecule has 0 saturated carbocycles. The summed E-state index contributed by atoms with van der Waals surface area (Å²) in [4.78, 5) is 23.9. The highest BCUT2D eigenvalue weighted by Gasteiger charge is 2.31. The minimum absolute atomic E-state index is 0.138. The molecular formula is C16H23NO3. The van der Waals surface area contributed by atoms with Crippen molar-refractivity contribution in [2.24, 2.45) is 17.1 Å². The summed E-state index contributed by atoms with van der Waals surface area (Å²) in [5, 5.41) is 0. The number of esters is 1. The van der Waals surface area contributed by atoms with E-state index < -0.39 is 11.9 Å². The zero-order valence-corrected chi connectivity index (χ0v) is 12.4. The molecule has 0 aliphatic carbocycles. The third-order valence-electron chi connectivity index (χ3n) is 2.91. The smallest absolute Gasteiger partial charge is 0.316 e. The monoisotopic (exact) mass is 277 g/mol. The summed E-state index contributed by atoms with van der Waals surface area (Å²) in [5.41, 5.74) is 6.14. The summed E-state index contributed by atoms with van der Waals surface area (Å²) in [6, 6.07) is 9.39. The van der Waals surface area contributed by atoms with Crippen molar-refractivity contribution in [1.29, 1.82) is 0 Å². The van der Waals surface area contributed by atoms with Gasteiger partial charge in [-0.25, -0.2) is 0 Å². The van der Waals surface area contributed by atoms with Crippen LogP contribution in [-0.2, 0) is 20.9 Å². The van der Waals surface area contributed by atoms with Gasteiger partial charge in [0.1, 0.15) is 12.5 Å². The van der Waals surface area contributed by atoms with Crippen LogP contribution < -0.4 is 5.73 Å². The van der Waals surface area contributed by atoms with E-state index in [1.54, 1.807) is 0 Å². The lowest BCUT2D eigenvalue weighted by atomic mass is 9.83. The molecule has 0 amide bonds. The van der Waals surface area contributed by atoms with E-state index in [0.717, 1.165) is 5.56 Å². The molecule has 0 bridgehead atoms. The van der Waals surface area contributed by atoms with Crippen molar-refractivity contribution >= 4 is 11.8 Å². The molecule has 0 fully saturated rings. The van der Waals surface area contributed by atoms with Crippen LogP contribution in [0.3, 0.4) is 0 Å². The van der Waals surface area contributed by atoms with Gasteiger partial charge < -0.3 is 10.5 Å². The van der Waals surface area contributed by atoms with E-state index >= 15 is 0 Å². The summed E-state index contributed by atoms with van der Waals surface area (Å²) in [6.07, 6.45) is 0.441. The number of hydrogen-bond acceptors (Lipinski definition) is 4. The van der Waals surface area contributed by atoms with Crippen LogP contribution in [0.2, 0.25) is 0 Å². The topological polar surface area (TPSA) is 69.4 Å². The maximum Gasteiger partial charge on any atom is 0.316 e. The lowest BCUT2D eigenvalue weighted by Crippen LogP contribution is -2.34. The Kier molecular flexibility index (Phi) is 5.89. The predicted octanol–water partition coefficient (Wildman–Crippen LogP) is 2.31. The number of Topliss-reactive ketones (excluding diaryl/α,β-unsaturated/α-hetero) is 1. The zero-order chi connectivity index (χ0) is 15.2. The molecule has 20 heavy (non-hydrogen) atoms. The highest BCUT2D eigenvalue weighted by Crippen LogP contribution is 2.26. The number of nitrogens with two attached hydrogens (primary N) is 1. The average Bonchev–Trinajstić information content (AvgIpc) is 2.41. The second-order valence-corrected chi connectivity index (χ2v) is 6.08. The average molecular weight is 277 g/mol. The number of hydrogen-bond donors (Lipinski definition) is 1. The minimum atomic E-state index is -0.774. The number of benzene rings is 1. The van der Waals surface area contributed by atoms with Crippen molar-refractivity contribution in [3.8, 4) is 0 Å². The van der Waals surface area contributed by atoms with E-state index in [4.69, 9.17) is 10.5 Å². The first kappa shape index (κ1) is 16.4. The summed E-state index contributed by atoms with van der Waals surface area (Å²) >= 11 is 0. The van der Waals surface area contributed by atoms with E-state index in [-0.39, 0.29) is 24.3 Å². The number of ether oxygens (including phenoxy) is 1. The quantitative estimate of drug-likeness (QED) is 0.640. The van der Waals surface area contributed by atoms with Crippen LogP contribution in [0, 0.1) is 11.3 Å². The summed E-state index contributed by atoms with van der Waals surface area (Å²) in [5.74, 6) is -1.53. The van der Waals surface area contributed by atoms with E-state index in [2.05, 4.69) is 0 Å². The van der Waals surface area contributed by atoms with Gasteiger partial charge in [0.05, 0.1) is 6.54 Å². The Bertz CT molecular complexity index is 449. The van der Waals surface area contributed by atoms with E-state index in [1.165, 1.54) is 0 Å². The first-order chi connectivity index (χ1) is 9.33. The maximum atomic E-state index is 12.1. The van der Waals surface area contributed by atoms with Crippen LogP contribution in [0.25, 0.3) is 0 Å². The maximum absolute atomic E-state index is 12.1. The Balaban J connectivity index is 2.66. The van der Waals surface area contributed by atoms with Gasteiger partial charge in [-0.1, -0.05) is 51.1 Å². The molecular weight excluding hydrogens is 254 g/mol. The molecule has 0 aromatic heterocycles. The molecule has 0 saturated heterocycles. The molecule has 1 atom stereocenters. The molecule has 4 nitrogen and oxygen atoms in total. The normalized spacial score (nSPS) is 12.8. The number of carbonyl (C=O) groups is 2. The molecule has 0 heterocycles. The van der Waals surface area contributed by atoms with Gasteiger partial charge >= 0.3 is 5.97 Å². The molecule has 2 N–H and O–H groups in total. The Morgan fingerprint density at radius 2 is 1.80 bits per heavy atom. The molecule has 1 unspecified atom stereocenters. The first-order valence-electron chi connectivity index (χ1n) is 6.77. The lowest BCUT2D eigenvalue weighted by molar-refractivity contribution is -0.154. The molecule has 1 rings (SSSR count). The highest BCUT2D eigenvalue weighted by atomic mass is 16.5. The molecule has 1 aromatic rings. The van der Waals surface area contributed by atoms with Gasteiger partial charge in [0, 0.05) is 0 Å². The fourth-order valence-electron chi connectivity index (χ4n) is 1.91. The van der Waals surface area contributed by atoms with Gasteiger partial charge in [-0.2, -0.15) is 0 Å². The molecule has 0 spiro atoms. The van der Waals surface area contributed by atoms with Crippen molar-refractivity contribution in [2.75, 3.05) is 6.54 Å². The standard InChI is InChI=1S/C16H23NO3/c1-16(2,3)9-13(14(18)10-17)15(19)20-11-12-7-5-4-6-8-12/h4-8,13H,9-11,17H2,1-3H3. The van der Waals surface area contributed by atoms with Crippen molar-refractivity contribution in [3.05, 3.63) is 35.9 Å². The van der Waals surface area contributed by atoms with Gasteiger partial charge in [0.25, 0.3) is 0 Å². The second kappa shape index (κ2) is 7.20. The second-order valence-electron chi connectivity index (χ2n) is 6.08. The van der Waals surface area contributed by atoms with Crippen molar-refractivity contribution in [1.82, 2.24) is 0 Å². The Morgan fingerprint density at radius 1 is 1.20 bits per heavy atom. The number of rotatable bonds is 6. The van der Waals surface area contributed by atoms with Crippen LogP contribution >= 0.6 is 0 Å². The van der Waals surface area contributed by atoms with Crippen LogP contribution in [0.4, 0.5) is 0 Å². The molecule has 1 aromatic carbocycles. The van der Waals surface area contributed by atoms with Gasteiger partial charge in [0.15, 0.2) is 5.78 Å². The van der Waals surface area contributed by atoms with Crippen LogP contribution in [0.5, 0.6) is 0 Å². The summed E-state index contributed by atoms with van der Waals surface area (Å²) in [7, 11) is 0. The molecule has 4 heteroatoms. The fraction of sp³-hybridized carbons (Fsp3) is 0.500. The Hall–Kier alpha value is -1.68. The predicted molar refractivity (Wildman–Crippen MR) is 77.9 cm³/mol. The van der Waals surface area contributed by atoms with E-state index in [0.29, 0.717) is 6.42 Å². The van der Waals surface area contributed by atoms with Crippen molar-refractivity contribution < 1.29 is 14.3 Å². The first-order valence-corrected chi connectivity index (χ1v) is 6.77. The van der Waals surface area contributed by atoms with Crippen molar-refractivity contribution in [2.45, 2.75) is 33.8 Å². The van der Waals surface area contributed by atoms with E-state index in [1.807, 2.05) is 51.1 Å². The summed E-state index contributed by atoms with van der Waals surface area (Å²) < 4.78 is 5.24. The van der Waals surface area contributed by atoms with Gasteiger partial charge in [0.2, 0.25) is 0 Å². The molecule has 0 aliphatic rings. The molecule has 0 aliphatic heterocycles. The highest BCUT2D eigenvalue weighted by molar-refractivity contribution is 5.99. The SMILES string of the molecule is CC(C)(C)CC(C(=O)CN)C(=O)OCc1ccccc1. The number of carbonyl (C=O) groups excluding carboxylic acids is 2. The Labute approximate surface area is 120 Å². The molecule has 0 radical (unpaired) electrons. The zero-order valence-electron chi connectivity index (χ0n) is 12.4. The van der Waals surface area contributed by atoms with Crippen molar-refractivity contribution in [3.63, 3.8) is 0 Å². The van der Waals surface area contributed by atoms with Crippen LogP contribution in [-0.4, -0.2) is 18.3 Å². The summed E-state index contributed by atoms with van der Waals surface area (Å²) in [6.45, 7) is 5.98. The lowest BCUT2D eigenvalue weighted by Gasteiger charge is -2.23. The minimum Gasteiger partial charge on any atom is -0.460 e. The third kappa shape index (κ3) is 5.53. The third-order valence-corrected chi connectivity index (χ3v) is 2.91. The van der Waals surface area contributed by atoms with Crippen LogP contribution in [0.1, 0.15) is 32.8 Å². The van der Waals surface area contributed by atoms with Gasteiger partial charge in [-0.15, -0.1) is 0 Å². The molecule has 110 valence electrons. The van der Waals surface area contributed by atoms with Gasteiger partial charge in [-0.05, 0) is 17.4 Å². The fourth-order valence-corrected chi connectivity index (χ4v) is 1.91. The number of ketones is 1. The largest absolute Gasteiger partial charge is 0.460 e. The van der Waals surface area contributed by atoms with E-state index in [9.17, 15) is 9.59 Å². The Morgan fingerprint density at radius 3 is 2.30 bits per heavy atom. The van der Waals surface area contributed by atoms with Gasteiger partial charge in [-0.3, -0.25) is 9.59 Å². The van der Waals surface area contributed by atoms with Crippen LogP contribution in [0.15, 0.2) is 30.3 Å².